The minimum atomic E-state index is -1.10. The highest BCUT2D eigenvalue weighted by Crippen LogP contribution is 2.38. The van der Waals surface area contributed by atoms with Crippen molar-refractivity contribution in [3.8, 4) is 0 Å². The van der Waals surface area contributed by atoms with Gasteiger partial charge in [-0.05, 0) is 25.0 Å². The Balaban J connectivity index is 2.07. The molecule has 0 amide bonds. The molecule has 2 rings (SSSR count). The van der Waals surface area contributed by atoms with Gasteiger partial charge in [-0.3, -0.25) is 0 Å². The first-order valence-electron chi connectivity index (χ1n) is 9.22. The predicted octanol–water partition coefficient (Wildman–Crippen LogP) is 2.16. The van der Waals surface area contributed by atoms with Gasteiger partial charge in [-0.25, -0.2) is 4.79 Å². The van der Waals surface area contributed by atoms with E-state index in [2.05, 4.69) is 0 Å². The maximum atomic E-state index is 11.5. The molecular formula is C20H28O7. The quantitative estimate of drug-likeness (QED) is 0.537. The van der Waals surface area contributed by atoms with Gasteiger partial charge in [0.05, 0.1) is 26.4 Å². The first-order valence-corrected chi connectivity index (χ1v) is 9.22. The molecule has 0 unspecified atom stereocenters. The van der Waals surface area contributed by atoms with E-state index in [1.165, 1.54) is 0 Å². The fourth-order valence-corrected chi connectivity index (χ4v) is 3.09. The summed E-state index contributed by atoms with van der Waals surface area (Å²) in [7, 11) is 0. The van der Waals surface area contributed by atoms with Gasteiger partial charge >= 0.3 is 5.97 Å². The number of hydrogen-bond acceptors (Lipinski definition) is 6. The van der Waals surface area contributed by atoms with E-state index in [4.69, 9.17) is 24.1 Å². The lowest BCUT2D eigenvalue weighted by atomic mass is 9.81. The molecule has 1 aliphatic rings. The predicted molar refractivity (Wildman–Crippen MR) is 98.2 cm³/mol. The third-order valence-electron chi connectivity index (χ3n) is 4.31. The smallest absolute Gasteiger partial charge is 0.370 e. The van der Waals surface area contributed by atoms with Crippen LogP contribution in [0.1, 0.15) is 24.8 Å². The van der Waals surface area contributed by atoms with E-state index in [9.17, 15) is 9.90 Å². The van der Waals surface area contributed by atoms with Crippen LogP contribution in [0.15, 0.2) is 42.2 Å². The number of allylic oxidation sites excluding steroid dienone is 1. The zero-order chi connectivity index (χ0) is 19.5. The van der Waals surface area contributed by atoms with Crippen molar-refractivity contribution in [2.75, 3.05) is 39.6 Å². The van der Waals surface area contributed by atoms with Crippen LogP contribution in [0.3, 0.4) is 0 Å². The standard InChI is InChI=1S/C20H28O7/c1-2-26-20-16(8-10-24-12-13-25-11-9-21)17(14-18(27-20)19(22)23)15-6-4-3-5-7-15/h3-7,14,16-17,20-21H,2,8-13H2,1H3,(H,22,23)/t16-,17-,20-/m1/s1. The van der Waals surface area contributed by atoms with Crippen LogP contribution in [0.5, 0.6) is 0 Å². The molecule has 0 aliphatic carbocycles. The van der Waals surface area contributed by atoms with Gasteiger partial charge in [0.1, 0.15) is 0 Å². The topological polar surface area (TPSA) is 94.5 Å². The summed E-state index contributed by atoms with van der Waals surface area (Å²) < 4.78 is 22.1. The Morgan fingerprint density at radius 1 is 1.11 bits per heavy atom. The van der Waals surface area contributed by atoms with Crippen molar-refractivity contribution in [1.29, 1.82) is 0 Å². The molecule has 1 aromatic rings. The van der Waals surface area contributed by atoms with Crippen molar-refractivity contribution < 1.29 is 34.0 Å². The number of carboxylic acid groups (broad SMARTS) is 1. The van der Waals surface area contributed by atoms with Crippen LogP contribution in [0.4, 0.5) is 0 Å². The SMILES string of the molecule is CCO[C@@H]1OC(C(=O)O)=C[C@H](c2ccccc2)[C@H]1CCOCCOCCO. The molecule has 27 heavy (non-hydrogen) atoms. The monoisotopic (exact) mass is 380 g/mol. The zero-order valence-electron chi connectivity index (χ0n) is 15.6. The average molecular weight is 380 g/mol. The molecule has 1 aliphatic heterocycles. The third kappa shape index (κ3) is 6.62. The Morgan fingerprint density at radius 2 is 1.81 bits per heavy atom. The normalized spacial score (nSPS) is 22.1. The van der Waals surface area contributed by atoms with Gasteiger partial charge in [0.25, 0.3) is 0 Å². The maximum absolute atomic E-state index is 11.5. The highest BCUT2D eigenvalue weighted by Gasteiger charge is 2.37. The van der Waals surface area contributed by atoms with Crippen molar-refractivity contribution in [2.45, 2.75) is 25.6 Å². The number of aliphatic hydroxyl groups excluding tert-OH is 1. The Kier molecular flexibility index (Phi) is 9.27. The van der Waals surface area contributed by atoms with Crippen molar-refractivity contribution in [3.63, 3.8) is 0 Å². The Morgan fingerprint density at radius 3 is 2.44 bits per heavy atom. The van der Waals surface area contributed by atoms with Crippen LogP contribution in [0, 0.1) is 5.92 Å². The lowest BCUT2D eigenvalue weighted by Crippen LogP contribution is -2.37. The number of rotatable bonds is 12. The van der Waals surface area contributed by atoms with Gasteiger partial charge in [-0.2, -0.15) is 0 Å². The number of ether oxygens (including phenoxy) is 4. The molecule has 1 heterocycles. The summed E-state index contributed by atoms with van der Waals surface area (Å²) in [4.78, 5) is 11.5. The summed E-state index contributed by atoms with van der Waals surface area (Å²) in [5.74, 6) is -1.40. The number of hydrogen-bond donors (Lipinski definition) is 2. The Hall–Kier alpha value is -1.93. The molecule has 0 aromatic heterocycles. The van der Waals surface area contributed by atoms with Crippen molar-refractivity contribution in [3.05, 3.63) is 47.7 Å². The van der Waals surface area contributed by atoms with Gasteiger partial charge in [0.15, 0.2) is 0 Å². The first-order chi connectivity index (χ1) is 13.2. The fourth-order valence-electron chi connectivity index (χ4n) is 3.09. The molecule has 0 bridgehead atoms. The average Bonchev–Trinajstić information content (AvgIpc) is 2.68. The van der Waals surface area contributed by atoms with E-state index in [-0.39, 0.29) is 24.2 Å². The Bertz CT molecular complexity index is 587. The molecule has 1 aromatic carbocycles. The number of carboxylic acids is 1. The van der Waals surface area contributed by atoms with Crippen molar-refractivity contribution in [2.24, 2.45) is 5.92 Å². The van der Waals surface area contributed by atoms with Gasteiger partial charge in [-0.1, -0.05) is 30.3 Å². The van der Waals surface area contributed by atoms with E-state index >= 15 is 0 Å². The molecule has 0 radical (unpaired) electrons. The van der Waals surface area contributed by atoms with Crippen LogP contribution in [0.25, 0.3) is 0 Å². The van der Waals surface area contributed by atoms with Crippen molar-refractivity contribution >= 4 is 5.97 Å². The zero-order valence-corrected chi connectivity index (χ0v) is 15.6. The first kappa shape index (κ1) is 21.4. The van der Waals surface area contributed by atoms with Gasteiger partial charge < -0.3 is 29.2 Å². The molecule has 0 saturated carbocycles. The van der Waals surface area contributed by atoms with Gasteiger partial charge in [-0.15, -0.1) is 0 Å². The van der Waals surface area contributed by atoms with Crippen LogP contribution < -0.4 is 0 Å². The molecule has 0 spiro atoms. The molecule has 7 nitrogen and oxygen atoms in total. The summed E-state index contributed by atoms with van der Waals surface area (Å²) >= 11 is 0. The minimum absolute atomic E-state index is 0.00749. The Labute approximate surface area is 159 Å². The highest BCUT2D eigenvalue weighted by atomic mass is 16.7. The molecule has 0 fully saturated rings. The van der Waals surface area contributed by atoms with Gasteiger partial charge in [0.2, 0.25) is 12.0 Å². The van der Waals surface area contributed by atoms with Gasteiger partial charge in [0, 0.05) is 25.0 Å². The lowest BCUT2D eigenvalue weighted by Gasteiger charge is -2.36. The molecule has 7 heteroatoms. The second kappa shape index (κ2) is 11.7. The fraction of sp³-hybridized carbons (Fsp3) is 0.550. The number of aliphatic hydroxyl groups is 1. The van der Waals surface area contributed by atoms with Crippen LogP contribution in [-0.4, -0.2) is 62.1 Å². The van der Waals surface area contributed by atoms with Crippen LogP contribution in [0.2, 0.25) is 0 Å². The molecule has 2 N–H and O–H groups in total. The number of aliphatic carboxylic acids is 1. The largest absolute Gasteiger partial charge is 0.475 e. The molecule has 0 saturated heterocycles. The minimum Gasteiger partial charge on any atom is -0.475 e. The second-order valence-corrected chi connectivity index (χ2v) is 6.12. The van der Waals surface area contributed by atoms with E-state index < -0.39 is 12.3 Å². The van der Waals surface area contributed by atoms with E-state index in [1.54, 1.807) is 6.08 Å². The van der Waals surface area contributed by atoms with Crippen LogP contribution in [-0.2, 0) is 23.7 Å². The molecule has 150 valence electrons. The molecule has 3 atom stereocenters. The second-order valence-electron chi connectivity index (χ2n) is 6.12. The van der Waals surface area contributed by atoms with E-state index in [0.29, 0.717) is 39.5 Å². The van der Waals surface area contributed by atoms with E-state index in [0.717, 1.165) is 5.56 Å². The molecular weight excluding hydrogens is 352 g/mol. The van der Waals surface area contributed by atoms with Crippen molar-refractivity contribution in [1.82, 2.24) is 0 Å². The maximum Gasteiger partial charge on any atom is 0.370 e. The number of benzene rings is 1. The summed E-state index contributed by atoms with van der Waals surface area (Å²) in [5.41, 5.74) is 1.01. The summed E-state index contributed by atoms with van der Waals surface area (Å²) in [5, 5.41) is 18.1. The summed E-state index contributed by atoms with van der Waals surface area (Å²) in [6.45, 7) is 3.88. The third-order valence-corrected chi connectivity index (χ3v) is 4.31. The van der Waals surface area contributed by atoms with E-state index in [1.807, 2.05) is 37.3 Å². The summed E-state index contributed by atoms with van der Waals surface area (Å²) in [6.07, 6.45) is 1.65. The highest BCUT2D eigenvalue weighted by molar-refractivity contribution is 5.84. The summed E-state index contributed by atoms with van der Waals surface area (Å²) in [6, 6.07) is 9.74. The number of carbonyl (C=O) groups is 1. The van der Waals surface area contributed by atoms with Crippen LogP contribution >= 0.6 is 0 Å². The lowest BCUT2D eigenvalue weighted by molar-refractivity contribution is -0.174.